The quantitative estimate of drug-likeness (QED) is 0.725. The van der Waals surface area contributed by atoms with Crippen LogP contribution in [0.4, 0.5) is 5.95 Å². The van der Waals surface area contributed by atoms with E-state index in [1.165, 1.54) is 9.80 Å². The van der Waals surface area contributed by atoms with Crippen molar-refractivity contribution in [2.24, 2.45) is 0 Å². The SMILES string of the molecule is CN(CC(=O)N1C[C@H](O)C[C@H]1C(=O)O)c1ncccn1. The lowest BCUT2D eigenvalue weighted by Crippen LogP contribution is -2.45. The van der Waals surface area contributed by atoms with Crippen LogP contribution in [-0.2, 0) is 9.59 Å². The van der Waals surface area contributed by atoms with Crippen molar-refractivity contribution < 1.29 is 19.8 Å². The van der Waals surface area contributed by atoms with Crippen molar-refractivity contribution in [1.29, 1.82) is 0 Å². The molecule has 0 unspecified atom stereocenters. The van der Waals surface area contributed by atoms with Crippen LogP contribution in [0.15, 0.2) is 18.5 Å². The summed E-state index contributed by atoms with van der Waals surface area (Å²) in [6.07, 6.45) is 2.39. The summed E-state index contributed by atoms with van der Waals surface area (Å²) in [5.74, 6) is -1.09. The van der Waals surface area contributed by atoms with Crippen LogP contribution in [0.25, 0.3) is 0 Å². The number of hydrogen-bond acceptors (Lipinski definition) is 6. The molecule has 2 atom stereocenters. The normalized spacial score (nSPS) is 21.8. The second kappa shape index (κ2) is 5.83. The number of aromatic nitrogens is 2. The molecule has 2 rings (SSSR count). The van der Waals surface area contributed by atoms with Crippen LogP contribution in [0.3, 0.4) is 0 Å². The van der Waals surface area contributed by atoms with Crippen LogP contribution < -0.4 is 4.90 Å². The second-order valence-electron chi connectivity index (χ2n) is 4.69. The highest BCUT2D eigenvalue weighted by Gasteiger charge is 2.39. The molecule has 2 heterocycles. The van der Waals surface area contributed by atoms with Crippen LogP contribution in [0.5, 0.6) is 0 Å². The fraction of sp³-hybridized carbons (Fsp3) is 0.500. The van der Waals surface area contributed by atoms with E-state index in [1.54, 1.807) is 25.5 Å². The first-order chi connectivity index (χ1) is 9.49. The first-order valence-corrected chi connectivity index (χ1v) is 6.17. The number of likely N-dealkylation sites (N-methyl/N-ethyl adjacent to an activating group) is 1. The molecule has 1 saturated heterocycles. The molecule has 1 aliphatic heterocycles. The van der Waals surface area contributed by atoms with Crippen molar-refractivity contribution >= 4 is 17.8 Å². The number of hydrogen-bond donors (Lipinski definition) is 2. The van der Waals surface area contributed by atoms with Gasteiger partial charge in [0.25, 0.3) is 0 Å². The third-order valence-corrected chi connectivity index (χ3v) is 3.15. The van der Waals surface area contributed by atoms with E-state index < -0.39 is 18.1 Å². The van der Waals surface area contributed by atoms with Crippen molar-refractivity contribution in [3.63, 3.8) is 0 Å². The average Bonchev–Trinajstić information content (AvgIpc) is 2.82. The Labute approximate surface area is 115 Å². The number of nitrogens with zero attached hydrogens (tertiary/aromatic N) is 4. The molecule has 0 bridgehead atoms. The van der Waals surface area contributed by atoms with Crippen LogP contribution in [-0.4, -0.2) is 69.2 Å². The van der Waals surface area contributed by atoms with Crippen molar-refractivity contribution in [2.45, 2.75) is 18.6 Å². The lowest BCUT2D eigenvalue weighted by Gasteiger charge is -2.24. The highest BCUT2D eigenvalue weighted by molar-refractivity contribution is 5.87. The fourth-order valence-corrected chi connectivity index (χ4v) is 2.18. The Morgan fingerprint density at radius 1 is 1.45 bits per heavy atom. The van der Waals surface area contributed by atoms with Gasteiger partial charge in [-0.2, -0.15) is 0 Å². The zero-order chi connectivity index (χ0) is 14.7. The molecule has 20 heavy (non-hydrogen) atoms. The fourth-order valence-electron chi connectivity index (χ4n) is 2.18. The molecule has 1 aliphatic rings. The monoisotopic (exact) mass is 280 g/mol. The molecular weight excluding hydrogens is 264 g/mol. The minimum Gasteiger partial charge on any atom is -0.480 e. The van der Waals surface area contributed by atoms with Gasteiger partial charge < -0.3 is 20.0 Å². The molecule has 108 valence electrons. The number of carbonyl (C=O) groups excluding carboxylic acids is 1. The number of likely N-dealkylation sites (tertiary alicyclic amines) is 1. The van der Waals surface area contributed by atoms with Gasteiger partial charge in [0.15, 0.2) is 0 Å². The smallest absolute Gasteiger partial charge is 0.326 e. The predicted molar refractivity (Wildman–Crippen MR) is 69.1 cm³/mol. The maximum absolute atomic E-state index is 12.1. The first-order valence-electron chi connectivity index (χ1n) is 6.17. The Kier molecular flexibility index (Phi) is 4.14. The molecule has 0 aromatic carbocycles. The van der Waals surface area contributed by atoms with Gasteiger partial charge in [0.05, 0.1) is 12.6 Å². The van der Waals surface area contributed by atoms with Gasteiger partial charge in [-0.1, -0.05) is 0 Å². The van der Waals surface area contributed by atoms with Crippen molar-refractivity contribution in [3.05, 3.63) is 18.5 Å². The van der Waals surface area contributed by atoms with Gasteiger partial charge >= 0.3 is 5.97 Å². The summed E-state index contributed by atoms with van der Waals surface area (Å²) in [4.78, 5) is 34.0. The molecule has 1 fully saturated rings. The summed E-state index contributed by atoms with van der Waals surface area (Å²) in [6, 6.07) is 0.693. The van der Waals surface area contributed by atoms with Gasteiger partial charge in [-0.05, 0) is 6.07 Å². The molecule has 8 nitrogen and oxygen atoms in total. The summed E-state index contributed by atoms with van der Waals surface area (Å²) in [7, 11) is 1.65. The maximum atomic E-state index is 12.1. The standard InChI is InChI=1S/C12H16N4O4/c1-15(12-13-3-2-4-14-12)7-10(18)16-6-8(17)5-9(16)11(19)20/h2-4,8-9,17H,5-7H2,1H3,(H,19,20)/t8-,9+/m1/s1. The second-order valence-corrected chi connectivity index (χ2v) is 4.69. The van der Waals surface area contributed by atoms with Crippen molar-refractivity contribution in [2.75, 3.05) is 25.0 Å². The first kappa shape index (κ1) is 14.2. The van der Waals surface area contributed by atoms with E-state index in [4.69, 9.17) is 5.11 Å². The minimum atomic E-state index is -1.10. The highest BCUT2D eigenvalue weighted by Crippen LogP contribution is 2.18. The molecule has 1 aromatic heterocycles. The van der Waals surface area contributed by atoms with E-state index in [-0.39, 0.29) is 25.4 Å². The molecule has 1 aromatic rings. The Hall–Kier alpha value is -2.22. The van der Waals surface area contributed by atoms with Crippen LogP contribution in [0.1, 0.15) is 6.42 Å². The number of β-amino-alcohol motifs (C(OH)–C–C–N with tert-alkyl or cyclic N) is 1. The van der Waals surface area contributed by atoms with Crippen molar-refractivity contribution in [1.82, 2.24) is 14.9 Å². The number of carboxylic acids is 1. The molecule has 0 radical (unpaired) electrons. The number of carboxylic acid groups (broad SMARTS) is 1. The van der Waals surface area contributed by atoms with Gasteiger partial charge in [0.1, 0.15) is 6.04 Å². The molecule has 8 heteroatoms. The highest BCUT2D eigenvalue weighted by atomic mass is 16.4. The van der Waals surface area contributed by atoms with E-state index in [2.05, 4.69) is 9.97 Å². The van der Waals surface area contributed by atoms with Crippen LogP contribution >= 0.6 is 0 Å². The van der Waals surface area contributed by atoms with Gasteiger partial charge in [0, 0.05) is 32.4 Å². The Balaban J connectivity index is 2.02. The topological polar surface area (TPSA) is 107 Å². The third-order valence-electron chi connectivity index (χ3n) is 3.15. The van der Waals surface area contributed by atoms with Crippen molar-refractivity contribution in [3.8, 4) is 0 Å². The Morgan fingerprint density at radius 3 is 2.70 bits per heavy atom. The van der Waals surface area contributed by atoms with Crippen LogP contribution in [0.2, 0.25) is 0 Å². The van der Waals surface area contributed by atoms with Gasteiger partial charge in [-0.3, -0.25) is 4.79 Å². The summed E-state index contributed by atoms with van der Waals surface area (Å²) in [5.41, 5.74) is 0. The Bertz CT molecular complexity index is 495. The zero-order valence-electron chi connectivity index (χ0n) is 11.0. The van der Waals surface area contributed by atoms with E-state index >= 15 is 0 Å². The largest absolute Gasteiger partial charge is 0.480 e. The van der Waals surface area contributed by atoms with Gasteiger partial charge in [0.2, 0.25) is 11.9 Å². The third kappa shape index (κ3) is 3.02. The lowest BCUT2D eigenvalue weighted by molar-refractivity contribution is -0.147. The predicted octanol–water partition coefficient (Wildman–Crippen LogP) is -1.04. The molecule has 1 amide bonds. The van der Waals surface area contributed by atoms with Gasteiger partial charge in [-0.15, -0.1) is 0 Å². The van der Waals surface area contributed by atoms with E-state index in [0.29, 0.717) is 5.95 Å². The summed E-state index contributed by atoms with van der Waals surface area (Å²) in [6.45, 7) is -0.000198. The summed E-state index contributed by atoms with van der Waals surface area (Å²) >= 11 is 0. The average molecular weight is 280 g/mol. The van der Waals surface area contributed by atoms with Crippen LogP contribution in [0, 0.1) is 0 Å². The number of rotatable bonds is 4. The molecule has 0 saturated carbocycles. The molecule has 0 aliphatic carbocycles. The maximum Gasteiger partial charge on any atom is 0.326 e. The Morgan fingerprint density at radius 2 is 2.10 bits per heavy atom. The lowest BCUT2D eigenvalue weighted by atomic mass is 10.2. The minimum absolute atomic E-state index is 0.0410. The number of aliphatic hydroxyl groups is 1. The number of carbonyl (C=O) groups is 2. The van der Waals surface area contributed by atoms with E-state index in [9.17, 15) is 14.7 Å². The van der Waals surface area contributed by atoms with Gasteiger partial charge in [-0.25, -0.2) is 14.8 Å². The summed E-state index contributed by atoms with van der Waals surface area (Å²) < 4.78 is 0. The number of anilines is 1. The zero-order valence-corrected chi connectivity index (χ0v) is 11.0. The molecule has 0 spiro atoms. The van der Waals surface area contributed by atoms with E-state index in [1.807, 2.05) is 0 Å². The number of amides is 1. The number of aliphatic hydroxyl groups excluding tert-OH is 1. The number of aliphatic carboxylic acids is 1. The molecular formula is C12H16N4O4. The molecule has 2 N–H and O–H groups in total. The van der Waals surface area contributed by atoms with E-state index in [0.717, 1.165) is 0 Å². The summed E-state index contributed by atoms with van der Waals surface area (Å²) in [5, 5.41) is 18.6.